The molecule has 0 radical (unpaired) electrons. The van der Waals surface area contributed by atoms with E-state index in [1.165, 1.54) is 23.5 Å². The normalized spacial score (nSPS) is 14.9. The van der Waals surface area contributed by atoms with Crippen molar-refractivity contribution in [1.82, 2.24) is 4.31 Å². The van der Waals surface area contributed by atoms with Gasteiger partial charge in [-0.2, -0.15) is 4.31 Å². The van der Waals surface area contributed by atoms with Gasteiger partial charge in [0.05, 0.1) is 17.6 Å². The van der Waals surface area contributed by atoms with Gasteiger partial charge in [-0.1, -0.05) is 18.6 Å². The van der Waals surface area contributed by atoms with E-state index in [1.54, 1.807) is 36.4 Å². The monoisotopic (exact) mass is 417 g/mol. The van der Waals surface area contributed by atoms with Crippen molar-refractivity contribution in [3.8, 4) is 5.75 Å². The molecule has 154 valence electrons. The lowest BCUT2D eigenvalue weighted by Crippen LogP contribution is -2.36. The van der Waals surface area contributed by atoms with Crippen molar-refractivity contribution >= 4 is 21.8 Å². The Morgan fingerprint density at radius 3 is 2.28 bits per heavy atom. The first-order valence-electron chi connectivity index (χ1n) is 9.37. The quantitative estimate of drug-likeness (QED) is 0.508. The Kier molecular flexibility index (Phi) is 6.66. The predicted molar refractivity (Wildman–Crippen MR) is 107 cm³/mol. The number of nitrogens with zero attached hydrogens (tertiary/aromatic N) is 1. The maximum atomic E-state index is 13.0. The molecule has 7 nitrogen and oxygen atoms in total. The number of hydrogen-bond donors (Lipinski definition) is 0. The zero-order valence-corrected chi connectivity index (χ0v) is 17.0. The van der Waals surface area contributed by atoms with E-state index in [1.807, 2.05) is 0 Å². The maximum absolute atomic E-state index is 13.0. The Morgan fingerprint density at radius 1 is 0.966 bits per heavy atom. The van der Waals surface area contributed by atoms with E-state index in [4.69, 9.17) is 9.47 Å². The molecule has 1 aliphatic rings. The highest BCUT2D eigenvalue weighted by molar-refractivity contribution is 7.89. The first-order chi connectivity index (χ1) is 13.9. The van der Waals surface area contributed by atoms with Crippen LogP contribution >= 0.6 is 0 Å². The van der Waals surface area contributed by atoms with Crippen LogP contribution in [0.25, 0.3) is 0 Å². The van der Waals surface area contributed by atoms with Crippen LogP contribution in [-0.4, -0.2) is 51.3 Å². The third kappa shape index (κ3) is 4.83. The Hall–Kier alpha value is -2.71. The average molecular weight is 417 g/mol. The number of rotatable bonds is 7. The number of carbonyl (C=O) groups is 2. The van der Waals surface area contributed by atoms with Crippen LogP contribution in [0.2, 0.25) is 0 Å². The number of ketones is 1. The van der Waals surface area contributed by atoms with Gasteiger partial charge in [0.2, 0.25) is 10.0 Å². The molecule has 0 unspecified atom stereocenters. The Balaban J connectivity index is 1.73. The molecule has 0 aromatic heterocycles. The second kappa shape index (κ2) is 9.19. The SMILES string of the molecule is COc1ccc(C(=O)COC(=O)c2ccccc2S(=O)(=O)N2CCCCC2)cc1. The van der Waals surface area contributed by atoms with Crippen LogP contribution < -0.4 is 4.74 Å². The third-order valence-electron chi connectivity index (χ3n) is 4.79. The minimum atomic E-state index is -3.80. The largest absolute Gasteiger partial charge is 0.497 e. The molecule has 3 rings (SSSR count). The van der Waals surface area contributed by atoms with Gasteiger partial charge >= 0.3 is 5.97 Å². The summed E-state index contributed by atoms with van der Waals surface area (Å²) in [5.74, 6) is -0.629. The smallest absolute Gasteiger partial charge is 0.339 e. The van der Waals surface area contributed by atoms with Crippen LogP contribution in [0.1, 0.15) is 40.0 Å². The minimum absolute atomic E-state index is 0.0689. The molecule has 0 spiro atoms. The second-order valence-corrected chi connectivity index (χ2v) is 8.60. The van der Waals surface area contributed by atoms with Crippen molar-refractivity contribution in [1.29, 1.82) is 0 Å². The van der Waals surface area contributed by atoms with Crippen molar-refractivity contribution in [2.45, 2.75) is 24.2 Å². The number of piperidine rings is 1. The van der Waals surface area contributed by atoms with Crippen molar-refractivity contribution < 1.29 is 27.5 Å². The van der Waals surface area contributed by atoms with Crippen molar-refractivity contribution in [2.24, 2.45) is 0 Å². The van der Waals surface area contributed by atoms with Gasteiger partial charge in [0.15, 0.2) is 12.4 Å². The molecular formula is C21H23NO6S. The highest BCUT2D eigenvalue weighted by Crippen LogP contribution is 2.24. The second-order valence-electron chi connectivity index (χ2n) is 6.69. The first-order valence-corrected chi connectivity index (χ1v) is 10.8. The fraction of sp³-hybridized carbons (Fsp3) is 0.333. The molecule has 1 aliphatic heterocycles. The summed E-state index contributed by atoms with van der Waals surface area (Å²) in [4.78, 5) is 24.7. The van der Waals surface area contributed by atoms with E-state index in [0.29, 0.717) is 24.4 Å². The summed E-state index contributed by atoms with van der Waals surface area (Å²) in [6.07, 6.45) is 2.58. The van der Waals surface area contributed by atoms with Crippen LogP contribution in [0.4, 0.5) is 0 Å². The molecule has 0 amide bonds. The number of ether oxygens (including phenoxy) is 2. The zero-order chi connectivity index (χ0) is 20.9. The molecule has 2 aromatic carbocycles. The molecule has 0 N–H and O–H groups in total. The number of methoxy groups -OCH3 is 1. The van der Waals surface area contributed by atoms with E-state index in [9.17, 15) is 18.0 Å². The molecule has 1 saturated heterocycles. The summed E-state index contributed by atoms with van der Waals surface area (Å²) < 4.78 is 37.5. The summed E-state index contributed by atoms with van der Waals surface area (Å²) in [6, 6.07) is 12.3. The number of sulfonamides is 1. The molecule has 29 heavy (non-hydrogen) atoms. The summed E-state index contributed by atoms with van der Waals surface area (Å²) in [5.41, 5.74) is 0.299. The highest BCUT2D eigenvalue weighted by Gasteiger charge is 2.30. The van der Waals surface area contributed by atoms with Gasteiger partial charge in [0.25, 0.3) is 0 Å². The Morgan fingerprint density at radius 2 is 1.62 bits per heavy atom. The first kappa shape index (κ1) is 21.0. The topological polar surface area (TPSA) is 90.0 Å². The molecular weight excluding hydrogens is 394 g/mol. The molecule has 1 heterocycles. The standard InChI is InChI=1S/C21H23NO6S/c1-27-17-11-9-16(10-12-17)19(23)15-28-21(24)18-7-3-4-8-20(18)29(25,26)22-13-5-2-6-14-22/h3-4,7-12H,2,5-6,13-15H2,1H3. The molecule has 0 aliphatic carbocycles. The number of carbonyl (C=O) groups excluding carboxylic acids is 2. The molecule has 0 atom stereocenters. The summed E-state index contributed by atoms with van der Waals surface area (Å²) in [6.45, 7) is 0.382. The van der Waals surface area contributed by atoms with Crippen LogP contribution in [-0.2, 0) is 14.8 Å². The summed E-state index contributed by atoms with van der Waals surface area (Å²) >= 11 is 0. The van der Waals surface area contributed by atoms with E-state index in [-0.39, 0.29) is 10.5 Å². The third-order valence-corrected chi connectivity index (χ3v) is 6.74. The molecule has 0 saturated carbocycles. The maximum Gasteiger partial charge on any atom is 0.339 e. The van der Waals surface area contributed by atoms with Gasteiger partial charge in [-0.3, -0.25) is 4.79 Å². The highest BCUT2D eigenvalue weighted by atomic mass is 32.2. The predicted octanol–water partition coefficient (Wildman–Crippen LogP) is 2.91. The van der Waals surface area contributed by atoms with Gasteiger partial charge in [-0.15, -0.1) is 0 Å². The van der Waals surface area contributed by atoms with Crippen LogP contribution in [0.15, 0.2) is 53.4 Å². The lowest BCUT2D eigenvalue weighted by atomic mass is 10.1. The van der Waals surface area contributed by atoms with Crippen molar-refractivity contribution in [3.63, 3.8) is 0 Å². The molecule has 0 bridgehead atoms. The van der Waals surface area contributed by atoms with E-state index >= 15 is 0 Å². The van der Waals surface area contributed by atoms with Crippen molar-refractivity contribution in [3.05, 3.63) is 59.7 Å². The molecule has 8 heteroatoms. The van der Waals surface area contributed by atoms with E-state index in [2.05, 4.69) is 0 Å². The molecule has 2 aromatic rings. The number of benzene rings is 2. The minimum Gasteiger partial charge on any atom is -0.497 e. The van der Waals surface area contributed by atoms with E-state index < -0.39 is 28.4 Å². The fourth-order valence-electron chi connectivity index (χ4n) is 3.17. The van der Waals surface area contributed by atoms with E-state index in [0.717, 1.165) is 19.3 Å². The van der Waals surface area contributed by atoms with Gasteiger partial charge in [0.1, 0.15) is 5.75 Å². The Bertz CT molecular complexity index is 978. The summed E-state index contributed by atoms with van der Waals surface area (Å²) in [7, 11) is -2.28. The fourth-order valence-corrected chi connectivity index (χ4v) is 4.87. The van der Waals surface area contributed by atoms with Gasteiger partial charge in [-0.05, 0) is 49.2 Å². The zero-order valence-electron chi connectivity index (χ0n) is 16.2. The summed E-state index contributed by atoms with van der Waals surface area (Å²) in [5, 5.41) is 0. The molecule has 1 fully saturated rings. The number of hydrogen-bond acceptors (Lipinski definition) is 6. The van der Waals surface area contributed by atoms with Gasteiger partial charge in [-0.25, -0.2) is 13.2 Å². The van der Waals surface area contributed by atoms with Crippen LogP contribution in [0, 0.1) is 0 Å². The average Bonchev–Trinajstić information content (AvgIpc) is 2.77. The number of esters is 1. The van der Waals surface area contributed by atoms with Crippen molar-refractivity contribution in [2.75, 3.05) is 26.8 Å². The Labute approximate surface area is 170 Å². The van der Waals surface area contributed by atoms with Crippen LogP contribution in [0.3, 0.4) is 0 Å². The lowest BCUT2D eigenvalue weighted by molar-refractivity contribution is 0.0471. The number of Topliss-reactive ketones (excluding diaryl/α,β-unsaturated/α-hetero) is 1. The van der Waals surface area contributed by atoms with Gasteiger partial charge in [0, 0.05) is 18.7 Å². The van der Waals surface area contributed by atoms with Crippen LogP contribution in [0.5, 0.6) is 5.75 Å². The lowest BCUT2D eigenvalue weighted by Gasteiger charge is -2.26. The van der Waals surface area contributed by atoms with Gasteiger partial charge < -0.3 is 9.47 Å².